The molecule has 4 nitrogen and oxygen atoms in total. The van der Waals surface area contributed by atoms with E-state index in [-0.39, 0.29) is 6.61 Å². The summed E-state index contributed by atoms with van der Waals surface area (Å²) in [4.78, 5) is 12.4. The summed E-state index contributed by atoms with van der Waals surface area (Å²) < 4.78 is 0. The Balaban J connectivity index is 4.06. The number of aliphatic hydroxyl groups is 1. The van der Waals surface area contributed by atoms with E-state index in [4.69, 9.17) is 10.2 Å². The van der Waals surface area contributed by atoms with Gasteiger partial charge < -0.3 is 10.2 Å². The number of nitrogens with zero attached hydrogens (tertiary/aromatic N) is 1. The summed E-state index contributed by atoms with van der Waals surface area (Å²) in [6.45, 7) is 3.98. The molecule has 0 aliphatic heterocycles. The Hall–Kier alpha value is -0.610. The Morgan fingerprint density at radius 3 is 2.33 bits per heavy atom. The van der Waals surface area contributed by atoms with Gasteiger partial charge in [-0.25, -0.2) is 0 Å². The molecule has 0 bridgehead atoms. The Morgan fingerprint density at radius 2 is 2.00 bits per heavy atom. The fourth-order valence-electron chi connectivity index (χ4n) is 0.751. The fourth-order valence-corrected chi connectivity index (χ4v) is 0.751. The molecular weight excluding hydrogens is 158 g/mol. The summed E-state index contributed by atoms with van der Waals surface area (Å²) in [6.07, 6.45) is 0.604. The third kappa shape index (κ3) is 2.79. The van der Waals surface area contributed by atoms with E-state index in [1.165, 1.54) is 0 Å². The van der Waals surface area contributed by atoms with Crippen LogP contribution in [0.4, 0.5) is 0 Å². The van der Waals surface area contributed by atoms with Gasteiger partial charge in [-0.05, 0) is 27.3 Å². The Kier molecular flexibility index (Phi) is 4.20. The van der Waals surface area contributed by atoms with Gasteiger partial charge in [-0.1, -0.05) is 0 Å². The maximum absolute atomic E-state index is 10.7. The van der Waals surface area contributed by atoms with Gasteiger partial charge in [-0.2, -0.15) is 0 Å². The van der Waals surface area contributed by atoms with Crippen molar-refractivity contribution >= 4 is 5.97 Å². The molecule has 72 valence electrons. The number of hydrogen-bond acceptors (Lipinski definition) is 3. The second-order valence-corrected chi connectivity index (χ2v) is 3.36. The topological polar surface area (TPSA) is 60.8 Å². The predicted molar refractivity (Wildman–Crippen MR) is 46.0 cm³/mol. The first-order valence-electron chi connectivity index (χ1n) is 3.98. The summed E-state index contributed by atoms with van der Waals surface area (Å²) in [5.74, 6) is -0.845. The third-order valence-corrected chi connectivity index (χ3v) is 2.13. The van der Waals surface area contributed by atoms with Crippen molar-refractivity contribution in [2.45, 2.75) is 25.8 Å². The predicted octanol–water partition coefficient (Wildman–Crippen LogP) is 0.164. The second-order valence-electron chi connectivity index (χ2n) is 3.36. The van der Waals surface area contributed by atoms with Crippen molar-refractivity contribution < 1.29 is 15.0 Å². The summed E-state index contributed by atoms with van der Waals surface area (Å²) in [7, 11) is 1.74. The number of carbonyl (C=O) groups is 1. The van der Waals surface area contributed by atoms with Crippen LogP contribution >= 0.6 is 0 Å². The first-order valence-corrected chi connectivity index (χ1v) is 3.98. The summed E-state index contributed by atoms with van der Waals surface area (Å²) in [5.41, 5.74) is -0.852. The average Bonchev–Trinajstić information content (AvgIpc) is 1.99. The van der Waals surface area contributed by atoms with Gasteiger partial charge in [-0.15, -0.1) is 0 Å². The van der Waals surface area contributed by atoms with Gasteiger partial charge in [0.1, 0.15) is 5.54 Å². The Labute approximate surface area is 72.8 Å². The van der Waals surface area contributed by atoms with Crippen molar-refractivity contribution in [3.63, 3.8) is 0 Å². The van der Waals surface area contributed by atoms with Gasteiger partial charge in [-0.3, -0.25) is 9.69 Å². The van der Waals surface area contributed by atoms with E-state index < -0.39 is 11.5 Å². The number of carboxylic acids is 1. The first kappa shape index (κ1) is 11.4. The molecule has 0 aromatic rings. The first-order chi connectivity index (χ1) is 5.42. The van der Waals surface area contributed by atoms with Gasteiger partial charge in [0.05, 0.1) is 0 Å². The van der Waals surface area contributed by atoms with Crippen LogP contribution in [0.3, 0.4) is 0 Å². The molecule has 0 aliphatic rings. The highest BCUT2D eigenvalue weighted by Gasteiger charge is 2.31. The Morgan fingerprint density at radius 1 is 1.50 bits per heavy atom. The number of aliphatic carboxylic acids is 1. The van der Waals surface area contributed by atoms with E-state index in [2.05, 4.69) is 0 Å². The van der Waals surface area contributed by atoms with Crippen LogP contribution in [0.15, 0.2) is 0 Å². The van der Waals surface area contributed by atoms with Crippen LogP contribution in [0.1, 0.15) is 20.3 Å². The van der Waals surface area contributed by atoms with Crippen molar-refractivity contribution in [3.8, 4) is 0 Å². The smallest absolute Gasteiger partial charge is 0.323 e. The number of rotatable bonds is 5. The number of likely N-dealkylation sites (N-methyl/N-ethyl adjacent to an activating group) is 1. The van der Waals surface area contributed by atoms with Crippen LogP contribution in [0.2, 0.25) is 0 Å². The average molecular weight is 175 g/mol. The second kappa shape index (κ2) is 4.42. The molecule has 0 unspecified atom stereocenters. The van der Waals surface area contributed by atoms with Crippen LogP contribution in [0.5, 0.6) is 0 Å². The normalized spacial score (nSPS) is 12.1. The van der Waals surface area contributed by atoms with Gasteiger partial charge in [0, 0.05) is 13.2 Å². The zero-order chi connectivity index (χ0) is 9.78. The van der Waals surface area contributed by atoms with Crippen molar-refractivity contribution in [1.82, 2.24) is 4.90 Å². The molecule has 0 rings (SSSR count). The van der Waals surface area contributed by atoms with E-state index in [1.54, 1.807) is 25.8 Å². The maximum atomic E-state index is 10.7. The van der Waals surface area contributed by atoms with E-state index in [9.17, 15) is 4.79 Å². The number of hydrogen-bond donors (Lipinski definition) is 2. The van der Waals surface area contributed by atoms with Crippen molar-refractivity contribution in [1.29, 1.82) is 0 Å². The molecule has 0 saturated heterocycles. The largest absolute Gasteiger partial charge is 0.480 e. The van der Waals surface area contributed by atoms with E-state index in [0.29, 0.717) is 13.0 Å². The highest BCUT2D eigenvalue weighted by atomic mass is 16.4. The van der Waals surface area contributed by atoms with Gasteiger partial charge >= 0.3 is 5.97 Å². The molecule has 0 saturated carbocycles. The molecule has 12 heavy (non-hydrogen) atoms. The molecule has 4 heteroatoms. The van der Waals surface area contributed by atoms with E-state index in [0.717, 1.165) is 0 Å². The minimum atomic E-state index is -0.852. The van der Waals surface area contributed by atoms with E-state index >= 15 is 0 Å². The van der Waals surface area contributed by atoms with Crippen LogP contribution in [0.25, 0.3) is 0 Å². The highest BCUT2D eigenvalue weighted by Crippen LogP contribution is 2.12. The number of carboxylic acid groups (broad SMARTS) is 1. The lowest BCUT2D eigenvalue weighted by atomic mass is 10.0. The summed E-state index contributed by atoms with van der Waals surface area (Å²) in [6, 6.07) is 0. The maximum Gasteiger partial charge on any atom is 0.323 e. The van der Waals surface area contributed by atoms with Crippen molar-refractivity contribution in [2.75, 3.05) is 20.2 Å². The summed E-state index contributed by atoms with van der Waals surface area (Å²) >= 11 is 0. The zero-order valence-corrected chi connectivity index (χ0v) is 7.87. The summed E-state index contributed by atoms with van der Waals surface area (Å²) in [5, 5.41) is 17.4. The van der Waals surface area contributed by atoms with Gasteiger partial charge in [0.2, 0.25) is 0 Å². The lowest BCUT2D eigenvalue weighted by molar-refractivity contribution is -0.148. The Bertz CT molecular complexity index is 156. The van der Waals surface area contributed by atoms with Crippen molar-refractivity contribution in [3.05, 3.63) is 0 Å². The number of aliphatic hydroxyl groups excluding tert-OH is 1. The molecule has 0 heterocycles. The lowest BCUT2D eigenvalue weighted by Gasteiger charge is -2.31. The van der Waals surface area contributed by atoms with Crippen LogP contribution in [0, 0.1) is 0 Å². The molecule has 2 N–H and O–H groups in total. The third-order valence-electron chi connectivity index (χ3n) is 2.13. The van der Waals surface area contributed by atoms with Crippen LogP contribution in [-0.2, 0) is 4.79 Å². The molecule has 0 fully saturated rings. The standard InChI is InChI=1S/C8H17NO3/c1-8(2,7(11)12)9(3)5-4-6-10/h10H,4-6H2,1-3H3,(H,11,12). The van der Waals surface area contributed by atoms with Crippen LogP contribution in [-0.4, -0.2) is 46.8 Å². The molecule has 0 radical (unpaired) electrons. The van der Waals surface area contributed by atoms with E-state index in [1.807, 2.05) is 0 Å². The quantitative estimate of drug-likeness (QED) is 0.625. The monoisotopic (exact) mass is 175 g/mol. The molecular formula is C8H17NO3. The molecule has 0 aliphatic carbocycles. The van der Waals surface area contributed by atoms with Gasteiger partial charge in [0.25, 0.3) is 0 Å². The minimum absolute atomic E-state index is 0.0973. The van der Waals surface area contributed by atoms with Crippen molar-refractivity contribution in [2.24, 2.45) is 0 Å². The molecule has 0 aromatic carbocycles. The molecule has 0 spiro atoms. The zero-order valence-electron chi connectivity index (χ0n) is 7.87. The fraction of sp³-hybridized carbons (Fsp3) is 0.875. The van der Waals surface area contributed by atoms with Gasteiger partial charge in [0.15, 0.2) is 0 Å². The molecule has 0 atom stereocenters. The highest BCUT2D eigenvalue weighted by molar-refractivity contribution is 5.77. The SMILES string of the molecule is CN(CCCO)C(C)(C)C(=O)O. The van der Waals surface area contributed by atoms with Crippen LogP contribution < -0.4 is 0 Å². The lowest BCUT2D eigenvalue weighted by Crippen LogP contribution is -2.48. The molecule has 0 amide bonds. The minimum Gasteiger partial charge on any atom is -0.480 e. The molecule has 0 aromatic heterocycles.